The van der Waals surface area contributed by atoms with Crippen LogP contribution in [0.15, 0.2) is 24.8 Å². The summed E-state index contributed by atoms with van der Waals surface area (Å²) in [5.74, 6) is -1.01. The highest BCUT2D eigenvalue weighted by atomic mass is 32.1. The lowest BCUT2D eigenvalue weighted by molar-refractivity contribution is -0.121. The number of carbonyl (C=O) groups is 2. The van der Waals surface area contributed by atoms with Crippen LogP contribution in [-0.2, 0) is 16.1 Å². The van der Waals surface area contributed by atoms with E-state index in [1.807, 2.05) is 0 Å². The molecule has 0 bridgehead atoms. The SMILES string of the molecule is C=CCOCCCC(=O)NCc1ccc(C(=O)O)s1. The zero-order valence-electron chi connectivity index (χ0n) is 10.6. The lowest BCUT2D eigenvalue weighted by Crippen LogP contribution is -2.22. The molecule has 0 aliphatic heterocycles. The molecule has 0 saturated heterocycles. The molecule has 0 fully saturated rings. The van der Waals surface area contributed by atoms with Gasteiger partial charge in [-0.05, 0) is 18.6 Å². The Morgan fingerprint density at radius 2 is 2.26 bits per heavy atom. The molecule has 0 aromatic carbocycles. The summed E-state index contributed by atoms with van der Waals surface area (Å²) < 4.78 is 5.16. The maximum absolute atomic E-state index is 11.5. The molecule has 1 rings (SSSR count). The van der Waals surface area contributed by atoms with Gasteiger partial charge in [-0.2, -0.15) is 0 Å². The third-order valence-corrected chi connectivity index (χ3v) is 3.33. The number of hydrogen-bond acceptors (Lipinski definition) is 4. The van der Waals surface area contributed by atoms with E-state index >= 15 is 0 Å². The fourth-order valence-electron chi connectivity index (χ4n) is 1.36. The van der Waals surface area contributed by atoms with Crippen LogP contribution in [0.1, 0.15) is 27.4 Å². The van der Waals surface area contributed by atoms with Crippen LogP contribution in [0.2, 0.25) is 0 Å². The van der Waals surface area contributed by atoms with E-state index in [2.05, 4.69) is 11.9 Å². The van der Waals surface area contributed by atoms with Gasteiger partial charge < -0.3 is 15.2 Å². The van der Waals surface area contributed by atoms with Crippen LogP contribution in [0.5, 0.6) is 0 Å². The molecule has 1 aromatic rings. The van der Waals surface area contributed by atoms with Gasteiger partial charge in [0.15, 0.2) is 0 Å². The molecule has 0 aliphatic carbocycles. The summed E-state index contributed by atoms with van der Waals surface area (Å²) >= 11 is 1.17. The minimum absolute atomic E-state index is 0.0625. The molecule has 5 nitrogen and oxygen atoms in total. The van der Waals surface area contributed by atoms with Crippen molar-refractivity contribution in [3.05, 3.63) is 34.5 Å². The number of carbonyl (C=O) groups excluding carboxylic acids is 1. The van der Waals surface area contributed by atoms with Crippen LogP contribution >= 0.6 is 11.3 Å². The van der Waals surface area contributed by atoms with Gasteiger partial charge in [0, 0.05) is 17.9 Å². The molecule has 104 valence electrons. The van der Waals surface area contributed by atoms with E-state index in [-0.39, 0.29) is 10.8 Å². The van der Waals surface area contributed by atoms with Crippen molar-refractivity contribution in [2.45, 2.75) is 19.4 Å². The van der Waals surface area contributed by atoms with Gasteiger partial charge in [0.25, 0.3) is 0 Å². The fourth-order valence-corrected chi connectivity index (χ4v) is 2.15. The van der Waals surface area contributed by atoms with Gasteiger partial charge in [0.1, 0.15) is 4.88 Å². The summed E-state index contributed by atoms with van der Waals surface area (Å²) in [6.07, 6.45) is 2.72. The summed E-state index contributed by atoms with van der Waals surface area (Å²) in [4.78, 5) is 23.3. The standard InChI is InChI=1S/C13H17NO4S/c1-2-7-18-8-3-4-12(15)14-9-10-5-6-11(19-10)13(16)17/h2,5-6H,1,3-4,7-9H2,(H,14,15)(H,16,17). The van der Waals surface area contributed by atoms with Crippen LogP contribution in [0, 0.1) is 0 Å². The Morgan fingerprint density at radius 3 is 2.89 bits per heavy atom. The molecule has 0 aliphatic rings. The van der Waals surface area contributed by atoms with E-state index < -0.39 is 5.97 Å². The first kappa shape index (κ1) is 15.4. The van der Waals surface area contributed by atoms with Gasteiger partial charge >= 0.3 is 5.97 Å². The lowest BCUT2D eigenvalue weighted by Gasteiger charge is -2.03. The van der Waals surface area contributed by atoms with E-state index in [1.165, 1.54) is 17.4 Å². The van der Waals surface area contributed by atoms with E-state index in [9.17, 15) is 9.59 Å². The van der Waals surface area contributed by atoms with E-state index in [0.29, 0.717) is 32.6 Å². The zero-order chi connectivity index (χ0) is 14.1. The van der Waals surface area contributed by atoms with Gasteiger partial charge in [0.2, 0.25) is 5.91 Å². The molecule has 1 amide bonds. The summed E-state index contributed by atoms with van der Waals surface area (Å²) in [5.41, 5.74) is 0. The summed E-state index contributed by atoms with van der Waals surface area (Å²) in [6, 6.07) is 3.25. The minimum atomic E-state index is -0.943. The molecule has 19 heavy (non-hydrogen) atoms. The van der Waals surface area contributed by atoms with Gasteiger partial charge in [-0.1, -0.05) is 6.08 Å². The Morgan fingerprint density at radius 1 is 1.47 bits per heavy atom. The Hall–Kier alpha value is -1.66. The number of amides is 1. The number of carboxylic acids is 1. The van der Waals surface area contributed by atoms with Crippen molar-refractivity contribution in [3.63, 3.8) is 0 Å². The molecule has 0 radical (unpaired) electrons. The number of nitrogens with one attached hydrogen (secondary N) is 1. The van der Waals surface area contributed by atoms with E-state index in [1.54, 1.807) is 12.1 Å². The first-order chi connectivity index (χ1) is 9.13. The van der Waals surface area contributed by atoms with Gasteiger partial charge in [-0.25, -0.2) is 4.79 Å². The molecule has 6 heteroatoms. The molecule has 0 atom stereocenters. The van der Waals surface area contributed by atoms with Crippen molar-refractivity contribution >= 4 is 23.2 Å². The maximum atomic E-state index is 11.5. The molecule has 0 saturated carbocycles. The monoisotopic (exact) mass is 283 g/mol. The van der Waals surface area contributed by atoms with Crippen molar-refractivity contribution in [1.29, 1.82) is 0 Å². The van der Waals surface area contributed by atoms with Crippen LogP contribution in [-0.4, -0.2) is 30.2 Å². The Bertz CT molecular complexity index is 442. The highest BCUT2D eigenvalue weighted by Crippen LogP contribution is 2.15. The molecule has 0 spiro atoms. The third-order valence-electron chi connectivity index (χ3n) is 2.26. The molecular formula is C13H17NO4S. The average Bonchev–Trinajstić information content (AvgIpc) is 2.85. The zero-order valence-corrected chi connectivity index (χ0v) is 11.4. The fraction of sp³-hybridized carbons (Fsp3) is 0.385. The van der Waals surface area contributed by atoms with Crippen molar-refractivity contribution in [3.8, 4) is 0 Å². The number of hydrogen-bond donors (Lipinski definition) is 2. The lowest BCUT2D eigenvalue weighted by atomic mass is 10.3. The first-order valence-corrected chi connectivity index (χ1v) is 6.72. The number of thiophene rings is 1. The summed E-state index contributed by atoms with van der Waals surface area (Å²) in [6.45, 7) is 4.92. The van der Waals surface area contributed by atoms with E-state index in [4.69, 9.17) is 9.84 Å². The Labute approximate surface area is 115 Å². The predicted molar refractivity (Wildman–Crippen MR) is 73.4 cm³/mol. The number of carboxylic acid groups (broad SMARTS) is 1. The van der Waals surface area contributed by atoms with Crippen LogP contribution in [0.4, 0.5) is 0 Å². The van der Waals surface area contributed by atoms with Gasteiger partial charge in [-0.15, -0.1) is 17.9 Å². The number of aromatic carboxylic acids is 1. The highest BCUT2D eigenvalue weighted by molar-refractivity contribution is 7.13. The van der Waals surface area contributed by atoms with Crippen LogP contribution in [0.25, 0.3) is 0 Å². The second kappa shape index (κ2) is 8.44. The molecule has 1 heterocycles. The van der Waals surface area contributed by atoms with Crippen molar-refractivity contribution in [2.75, 3.05) is 13.2 Å². The Balaban J connectivity index is 2.18. The number of ether oxygens (including phenoxy) is 1. The molecule has 1 aromatic heterocycles. The van der Waals surface area contributed by atoms with Crippen LogP contribution < -0.4 is 5.32 Å². The van der Waals surface area contributed by atoms with Gasteiger partial charge in [-0.3, -0.25) is 4.79 Å². The molecule has 2 N–H and O–H groups in total. The quantitative estimate of drug-likeness (QED) is 0.537. The van der Waals surface area contributed by atoms with Crippen LogP contribution in [0.3, 0.4) is 0 Å². The maximum Gasteiger partial charge on any atom is 0.345 e. The topological polar surface area (TPSA) is 75.6 Å². The predicted octanol–water partition coefficient (Wildman–Crippen LogP) is 2.05. The second-order valence-electron chi connectivity index (χ2n) is 3.81. The summed E-state index contributed by atoms with van der Waals surface area (Å²) in [5, 5.41) is 11.5. The third kappa shape index (κ3) is 6.17. The van der Waals surface area contributed by atoms with Gasteiger partial charge in [0.05, 0.1) is 13.2 Å². The molecule has 0 unspecified atom stereocenters. The normalized spacial score (nSPS) is 10.1. The van der Waals surface area contributed by atoms with Crippen molar-refractivity contribution in [1.82, 2.24) is 5.32 Å². The number of rotatable bonds is 9. The summed E-state index contributed by atoms with van der Waals surface area (Å²) in [7, 11) is 0. The first-order valence-electron chi connectivity index (χ1n) is 5.91. The van der Waals surface area contributed by atoms with Crippen molar-refractivity contribution < 1.29 is 19.4 Å². The largest absolute Gasteiger partial charge is 0.477 e. The minimum Gasteiger partial charge on any atom is -0.477 e. The average molecular weight is 283 g/mol. The smallest absolute Gasteiger partial charge is 0.345 e. The Kier molecular flexibility index (Phi) is 6.84. The molecular weight excluding hydrogens is 266 g/mol. The van der Waals surface area contributed by atoms with Crippen molar-refractivity contribution in [2.24, 2.45) is 0 Å². The second-order valence-corrected chi connectivity index (χ2v) is 4.98. The highest BCUT2D eigenvalue weighted by Gasteiger charge is 2.07. The van der Waals surface area contributed by atoms with E-state index in [0.717, 1.165) is 4.88 Å².